The normalized spacial score (nSPS) is 12.2. The van der Waals surface area contributed by atoms with E-state index in [1.807, 2.05) is 0 Å². The van der Waals surface area contributed by atoms with Crippen LogP contribution in [0.2, 0.25) is 0 Å². The molecule has 0 aromatic carbocycles. The molecular weight excluding hydrogens is 200 g/mol. The average Bonchev–Trinajstić information content (AvgIpc) is 1.86. The minimum absolute atomic E-state index is 0.300. The summed E-state index contributed by atoms with van der Waals surface area (Å²) in [6, 6.07) is 0. The molecule has 0 fully saturated rings. The van der Waals surface area contributed by atoms with Crippen molar-refractivity contribution in [1.29, 1.82) is 5.41 Å². The maximum Gasteiger partial charge on any atom is 0.209 e. The van der Waals surface area contributed by atoms with E-state index in [4.69, 9.17) is 10.1 Å². The second-order valence-corrected chi connectivity index (χ2v) is 2.58. The molecule has 0 saturated heterocycles. The van der Waals surface area contributed by atoms with Crippen molar-refractivity contribution < 1.29 is 9.53 Å². The molecule has 0 heterocycles. The number of rotatable bonds is 5. The lowest BCUT2D eigenvalue weighted by molar-refractivity contribution is -0.112. The fraction of sp³-hybridized carbons (Fsp3) is 0.600. The third-order valence-electron chi connectivity index (χ3n) is 0.903. The maximum atomic E-state index is 9.88. The lowest BCUT2D eigenvalue weighted by Crippen LogP contribution is -2.30. The van der Waals surface area contributed by atoms with Gasteiger partial charge < -0.3 is 10.1 Å². The van der Waals surface area contributed by atoms with E-state index in [-0.39, 0.29) is 0 Å². The Kier molecular flexibility index (Phi) is 5.15. The molecule has 0 aromatic heterocycles. The Hall–Kier alpha value is -0.420. The monoisotopic (exact) mass is 208 g/mol. The molecule has 0 saturated carbocycles. The van der Waals surface area contributed by atoms with Crippen molar-refractivity contribution in [3.8, 4) is 0 Å². The van der Waals surface area contributed by atoms with Crippen LogP contribution < -0.4 is 5.32 Å². The zero-order valence-corrected chi connectivity index (χ0v) is 7.14. The Bertz CT molecular complexity index is 129. The number of hydrogen-bond acceptors (Lipinski definition) is 3. The van der Waals surface area contributed by atoms with Gasteiger partial charge in [0.25, 0.3) is 0 Å². The van der Waals surface area contributed by atoms with E-state index in [2.05, 4.69) is 21.2 Å². The predicted molar refractivity (Wildman–Crippen MR) is 41.3 cm³/mol. The molecule has 1 unspecified atom stereocenters. The number of methoxy groups -OCH3 is 1. The van der Waals surface area contributed by atoms with Crippen molar-refractivity contribution in [1.82, 2.24) is 5.32 Å². The number of carbonyl (C=O) groups excluding carboxylic acids is 1. The summed E-state index contributed by atoms with van der Waals surface area (Å²) in [6.07, 6.45) is 0.503. The van der Waals surface area contributed by atoms with Crippen LogP contribution in [0.1, 0.15) is 6.42 Å². The van der Waals surface area contributed by atoms with E-state index in [0.717, 1.165) is 0 Å². The van der Waals surface area contributed by atoms with E-state index in [1.54, 1.807) is 0 Å². The minimum atomic E-state index is -0.399. The molecule has 58 valence electrons. The van der Waals surface area contributed by atoms with E-state index in [1.165, 1.54) is 7.11 Å². The highest BCUT2D eigenvalue weighted by molar-refractivity contribution is 9.18. The van der Waals surface area contributed by atoms with E-state index in [9.17, 15) is 4.79 Å². The SMILES string of the molecule is COC(CC(=N)Br)NC=O. The molecule has 5 heteroatoms. The number of hydrogen-bond donors (Lipinski definition) is 2. The van der Waals surface area contributed by atoms with Gasteiger partial charge in [-0.05, 0) is 15.9 Å². The summed E-state index contributed by atoms with van der Waals surface area (Å²) >= 11 is 2.93. The number of nitrogens with one attached hydrogen (secondary N) is 2. The molecule has 0 aliphatic carbocycles. The van der Waals surface area contributed by atoms with Gasteiger partial charge in [-0.15, -0.1) is 0 Å². The van der Waals surface area contributed by atoms with Gasteiger partial charge in [0.15, 0.2) is 0 Å². The highest BCUT2D eigenvalue weighted by Crippen LogP contribution is 1.98. The van der Waals surface area contributed by atoms with Crippen LogP contribution >= 0.6 is 15.9 Å². The number of halogens is 1. The molecular formula is C5H9BrN2O2. The zero-order valence-electron chi connectivity index (χ0n) is 5.56. The van der Waals surface area contributed by atoms with Gasteiger partial charge in [-0.2, -0.15) is 0 Å². The fourth-order valence-electron chi connectivity index (χ4n) is 0.449. The van der Waals surface area contributed by atoms with Crippen LogP contribution in [0.15, 0.2) is 0 Å². The predicted octanol–water partition coefficient (Wildman–Crippen LogP) is 0.467. The van der Waals surface area contributed by atoms with Crippen LogP contribution in [0.4, 0.5) is 0 Å². The lowest BCUT2D eigenvalue weighted by Gasteiger charge is -2.11. The molecule has 10 heavy (non-hydrogen) atoms. The molecule has 0 radical (unpaired) electrons. The summed E-state index contributed by atoms with van der Waals surface area (Å²) in [6.45, 7) is 0. The van der Waals surface area contributed by atoms with Gasteiger partial charge in [0.1, 0.15) is 6.23 Å². The van der Waals surface area contributed by atoms with Gasteiger partial charge in [0.2, 0.25) is 6.41 Å². The molecule has 2 N–H and O–H groups in total. The average molecular weight is 209 g/mol. The van der Waals surface area contributed by atoms with E-state index >= 15 is 0 Å². The summed E-state index contributed by atoms with van der Waals surface area (Å²) in [7, 11) is 1.47. The fourth-order valence-corrected chi connectivity index (χ4v) is 0.743. The third-order valence-corrected chi connectivity index (χ3v) is 1.23. The molecule has 0 aromatic rings. The molecule has 0 aliphatic heterocycles. The Morgan fingerprint density at radius 1 is 2.00 bits per heavy atom. The first-order chi connectivity index (χ1) is 4.70. The molecule has 0 aliphatic rings. The van der Waals surface area contributed by atoms with Crippen LogP contribution in [-0.4, -0.2) is 24.4 Å². The topological polar surface area (TPSA) is 62.2 Å². The van der Waals surface area contributed by atoms with Crippen molar-refractivity contribution in [2.24, 2.45) is 0 Å². The minimum Gasteiger partial charge on any atom is -0.361 e. The van der Waals surface area contributed by atoms with Gasteiger partial charge in [0, 0.05) is 13.5 Å². The highest BCUT2D eigenvalue weighted by atomic mass is 79.9. The standard InChI is InChI=1S/C5H9BrN2O2/c1-10-5(8-3-9)2-4(6)7/h3,5,7H,2H2,1H3,(H,8,9). The van der Waals surface area contributed by atoms with E-state index in [0.29, 0.717) is 17.5 Å². The highest BCUT2D eigenvalue weighted by Gasteiger charge is 2.05. The second-order valence-electron chi connectivity index (χ2n) is 1.62. The maximum absolute atomic E-state index is 9.88. The lowest BCUT2D eigenvalue weighted by atomic mass is 10.4. The Morgan fingerprint density at radius 3 is 2.90 bits per heavy atom. The number of ether oxygens (including phenoxy) is 1. The van der Waals surface area contributed by atoms with Crippen molar-refractivity contribution in [3.63, 3.8) is 0 Å². The molecule has 4 nitrogen and oxygen atoms in total. The first-order valence-corrected chi connectivity index (χ1v) is 3.45. The van der Waals surface area contributed by atoms with Gasteiger partial charge in [-0.1, -0.05) is 0 Å². The van der Waals surface area contributed by atoms with Crippen LogP contribution in [0.5, 0.6) is 0 Å². The number of amides is 1. The summed E-state index contributed by atoms with van der Waals surface area (Å²) in [4.78, 5) is 9.88. The molecule has 1 amide bonds. The Balaban J connectivity index is 3.59. The smallest absolute Gasteiger partial charge is 0.209 e. The van der Waals surface area contributed by atoms with Gasteiger partial charge in [-0.3, -0.25) is 10.2 Å². The molecule has 0 bridgehead atoms. The van der Waals surface area contributed by atoms with Crippen LogP contribution in [0.25, 0.3) is 0 Å². The van der Waals surface area contributed by atoms with Crippen LogP contribution in [-0.2, 0) is 9.53 Å². The van der Waals surface area contributed by atoms with Crippen LogP contribution in [0, 0.1) is 5.41 Å². The van der Waals surface area contributed by atoms with Gasteiger partial charge in [-0.25, -0.2) is 0 Å². The summed E-state index contributed by atoms with van der Waals surface area (Å²) in [5, 5.41) is 9.38. The second kappa shape index (κ2) is 5.37. The summed E-state index contributed by atoms with van der Waals surface area (Å²) < 4.78 is 5.09. The van der Waals surface area contributed by atoms with Crippen molar-refractivity contribution in [2.75, 3.05) is 7.11 Å². The third kappa shape index (κ3) is 4.46. The Morgan fingerprint density at radius 2 is 2.60 bits per heavy atom. The van der Waals surface area contributed by atoms with E-state index < -0.39 is 6.23 Å². The largest absolute Gasteiger partial charge is 0.361 e. The van der Waals surface area contributed by atoms with Gasteiger partial charge in [0.05, 0.1) is 4.62 Å². The zero-order chi connectivity index (χ0) is 7.98. The van der Waals surface area contributed by atoms with Crippen molar-refractivity contribution >= 4 is 27.0 Å². The molecule has 0 spiro atoms. The van der Waals surface area contributed by atoms with Crippen LogP contribution in [0.3, 0.4) is 0 Å². The quantitative estimate of drug-likeness (QED) is 0.392. The van der Waals surface area contributed by atoms with Gasteiger partial charge >= 0.3 is 0 Å². The Labute approximate surface area is 67.6 Å². The summed E-state index contributed by atoms with van der Waals surface area (Å²) in [5.74, 6) is 0. The first kappa shape index (κ1) is 9.58. The summed E-state index contributed by atoms with van der Waals surface area (Å²) in [5.41, 5.74) is 0. The van der Waals surface area contributed by atoms with Crippen molar-refractivity contribution in [2.45, 2.75) is 12.6 Å². The van der Waals surface area contributed by atoms with Crippen molar-refractivity contribution in [3.05, 3.63) is 0 Å². The molecule has 1 atom stereocenters. The first-order valence-electron chi connectivity index (χ1n) is 2.66. The molecule has 0 rings (SSSR count). The number of carbonyl (C=O) groups is 1.